The molecule has 21 heavy (non-hydrogen) atoms. The molecule has 0 N–H and O–H groups in total. The minimum absolute atomic E-state index is 0.283. The standard InChI is InChI=1S/C16H12F2N2O/c1-2-20(13-7-8-14(17)15(18)9-13)16(21)12-5-3-11(10-19)4-6-12/h3-9H,2H2,1H3. The van der Waals surface area contributed by atoms with Gasteiger partial charge in [-0.25, -0.2) is 8.78 Å². The molecule has 0 fully saturated rings. The van der Waals surface area contributed by atoms with Crippen molar-refractivity contribution >= 4 is 11.6 Å². The van der Waals surface area contributed by atoms with Crippen molar-refractivity contribution in [2.24, 2.45) is 0 Å². The lowest BCUT2D eigenvalue weighted by molar-refractivity contribution is 0.0988. The molecule has 0 spiro atoms. The van der Waals surface area contributed by atoms with Crippen LogP contribution >= 0.6 is 0 Å². The largest absolute Gasteiger partial charge is 0.309 e. The number of hydrogen-bond donors (Lipinski definition) is 0. The fourth-order valence-electron chi connectivity index (χ4n) is 1.94. The van der Waals surface area contributed by atoms with E-state index in [1.54, 1.807) is 6.92 Å². The number of benzene rings is 2. The fraction of sp³-hybridized carbons (Fsp3) is 0.125. The molecule has 2 aromatic rings. The van der Waals surface area contributed by atoms with Crippen molar-refractivity contribution in [2.75, 3.05) is 11.4 Å². The molecule has 0 aliphatic heterocycles. The Balaban J connectivity index is 2.33. The van der Waals surface area contributed by atoms with Gasteiger partial charge in [0.2, 0.25) is 0 Å². The molecule has 2 aromatic carbocycles. The van der Waals surface area contributed by atoms with Crippen LogP contribution < -0.4 is 4.90 Å². The van der Waals surface area contributed by atoms with E-state index in [0.717, 1.165) is 12.1 Å². The van der Waals surface area contributed by atoms with Gasteiger partial charge in [0.05, 0.1) is 11.6 Å². The zero-order chi connectivity index (χ0) is 15.4. The Morgan fingerprint density at radius 1 is 1.14 bits per heavy atom. The van der Waals surface area contributed by atoms with Crippen LogP contribution in [0.25, 0.3) is 0 Å². The number of nitrogens with zero attached hydrogens (tertiary/aromatic N) is 2. The van der Waals surface area contributed by atoms with Crippen molar-refractivity contribution in [1.29, 1.82) is 5.26 Å². The third-order valence-electron chi connectivity index (χ3n) is 3.04. The van der Waals surface area contributed by atoms with Crippen molar-refractivity contribution < 1.29 is 13.6 Å². The van der Waals surface area contributed by atoms with Crippen LogP contribution in [-0.2, 0) is 0 Å². The van der Waals surface area contributed by atoms with Gasteiger partial charge in [0.15, 0.2) is 11.6 Å². The summed E-state index contributed by atoms with van der Waals surface area (Å²) in [6.07, 6.45) is 0. The molecule has 0 atom stereocenters. The lowest BCUT2D eigenvalue weighted by atomic mass is 10.1. The van der Waals surface area contributed by atoms with E-state index in [0.29, 0.717) is 17.7 Å². The third-order valence-corrected chi connectivity index (χ3v) is 3.04. The van der Waals surface area contributed by atoms with E-state index in [4.69, 9.17) is 5.26 Å². The van der Waals surface area contributed by atoms with Crippen LogP contribution in [0.2, 0.25) is 0 Å². The van der Waals surface area contributed by atoms with Gasteiger partial charge >= 0.3 is 0 Å². The maximum absolute atomic E-state index is 13.3. The second kappa shape index (κ2) is 6.14. The van der Waals surface area contributed by atoms with Gasteiger partial charge in [0.25, 0.3) is 5.91 Å². The van der Waals surface area contributed by atoms with E-state index < -0.39 is 11.6 Å². The molecule has 0 saturated heterocycles. The molecule has 1 amide bonds. The second-order valence-electron chi connectivity index (χ2n) is 4.34. The number of amides is 1. The van der Waals surface area contributed by atoms with Crippen molar-refractivity contribution in [3.05, 3.63) is 65.2 Å². The number of rotatable bonds is 3. The van der Waals surface area contributed by atoms with Crippen LogP contribution in [0.4, 0.5) is 14.5 Å². The highest BCUT2D eigenvalue weighted by molar-refractivity contribution is 6.06. The van der Waals surface area contributed by atoms with Crippen LogP contribution in [-0.4, -0.2) is 12.5 Å². The zero-order valence-electron chi connectivity index (χ0n) is 11.3. The Bertz CT molecular complexity index is 705. The Morgan fingerprint density at radius 2 is 1.81 bits per heavy atom. The predicted octanol–water partition coefficient (Wildman–Crippen LogP) is 3.50. The van der Waals surface area contributed by atoms with E-state index in [2.05, 4.69) is 0 Å². The first-order valence-corrected chi connectivity index (χ1v) is 6.34. The number of carbonyl (C=O) groups is 1. The number of halogens is 2. The Morgan fingerprint density at radius 3 is 2.33 bits per heavy atom. The van der Waals surface area contributed by atoms with Crippen LogP contribution in [0.3, 0.4) is 0 Å². The monoisotopic (exact) mass is 286 g/mol. The molecule has 0 radical (unpaired) electrons. The number of hydrogen-bond acceptors (Lipinski definition) is 2. The topological polar surface area (TPSA) is 44.1 Å². The van der Waals surface area contributed by atoms with Gasteiger partial charge in [0.1, 0.15) is 0 Å². The van der Waals surface area contributed by atoms with Crippen molar-refractivity contribution in [3.63, 3.8) is 0 Å². The van der Waals surface area contributed by atoms with Crippen LogP contribution in [0.1, 0.15) is 22.8 Å². The molecule has 0 aliphatic rings. The molecule has 0 aromatic heterocycles. The Hall–Kier alpha value is -2.74. The van der Waals surface area contributed by atoms with Crippen molar-refractivity contribution in [3.8, 4) is 6.07 Å². The summed E-state index contributed by atoms with van der Waals surface area (Å²) < 4.78 is 26.3. The molecule has 106 valence electrons. The van der Waals surface area contributed by atoms with Crippen LogP contribution in [0.5, 0.6) is 0 Å². The predicted molar refractivity (Wildman–Crippen MR) is 74.9 cm³/mol. The lowest BCUT2D eigenvalue weighted by Crippen LogP contribution is -2.30. The van der Waals surface area contributed by atoms with E-state index in [9.17, 15) is 13.6 Å². The fourth-order valence-corrected chi connectivity index (χ4v) is 1.94. The van der Waals surface area contributed by atoms with Crippen LogP contribution in [0.15, 0.2) is 42.5 Å². The average molecular weight is 286 g/mol. The first-order chi connectivity index (χ1) is 10.1. The van der Waals surface area contributed by atoms with Gasteiger partial charge in [-0.3, -0.25) is 4.79 Å². The summed E-state index contributed by atoms with van der Waals surface area (Å²) in [5.74, 6) is -2.30. The second-order valence-corrected chi connectivity index (χ2v) is 4.34. The number of anilines is 1. The maximum Gasteiger partial charge on any atom is 0.258 e. The first kappa shape index (κ1) is 14.7. The Kier molecular flexibility index (Phi) is 4.29. The molecule has 5 heteroatoms. The molecule has 0 unspecified atom stereocenters. The summed E-state index contributed by atoms with van der Waals surface area (Å²) in [6.45, 7) is 2.05. The van der Waals surface area contributed by atoms with Gasteiger partial charge in [-0.2, -0.15) is 5.26 Å². The summed E-state index contributed by atoms with van der Waals surface area (Å²) in [5, 5.41) is 8.73. The van der Waals surface area contributed by atoms with Crippen molar-refractivity contribution in [2.45, 2.75) is 6.92 Å². The van der Waals surface area contributed by atoms with Gasteiger partial charge in [-0.15, -0.1) is 0 Å². The third kappa shape index (κ3) is 3.06. The highest BCUT2D eigenvalue weighted by atomic mass is 19.2. The van der Waals surface area contributed by atoms with Gasteiger partial charge < -0.3 is 4.90 Å². The maximum atomic E-state index is 13.3. The van der Waals surface area contributed by atoms with E-state index in [1.165, 1.54) is 35.2 Å². The Labute approximate surface area is 121 Å². The molecular weight excluding hydrogens is 274 g/mol. The minimum Gasteiger partial charge on any atom is -0.309 e. The average Bonchev–Trinajstić information content (AvgIpc) is 2.51. The van der Waals surface area contributed by atoms with Crippen LogP contribution in [0, 0.1) is 23.0 Å². The van der Waals surface area contributed by atoms with E-state index in [-0.39, 0.29) is 11.6 Å². The molecule has 3 nitrogen and oxygen atoms in total. The SMILES string of the molecule is CCN(C(=O)c1ccc(C#N)cc1)c1ccc(F)c(F)c1. The van der Waals surface area contributed by atoms with E-state index >= 15 is 0 Å². The normalized spacial score (nSPS) is 10.0. The van der Waals surface area contributed by atoms with Crippen molar-refractivity contribution in [1.82, 2.24) is 0 Å². The molecule has 0 saturated carbocycles. The smallest absolute Gasteiger partial charge is 0.258 e. The van der Waals surface area contributed by atoms with E-state index in [1.807, 2.05) is 6.07 Å². The summed E-state index contributed by atoms with van der Waals surface area (Å²) in [5.41, 5.74) is 1.11. The van der Waals surface area contributed by atoms with Gasteiger partial charge in [-0.05, 0) is 43.3 Å². The van der Waals surface area contributed by atoms with Gasteiger partial charge in [0, 0.05) is 23.9 Å². The van der Waals surface area contributed by atoms with Gasteiger partial charge in [-0.1, -0.05) is 0 Å². The summed E-state index contributed by atoms with van der Waals surface area (Å²) in [7, 11) is 0. The quantitative estimate of drug-likeness (QED) is 0.866. The number of carbonyl (C=O) groups excluding carboxylic acids is 1. The molecule has 0 bridgehead atoms. The minimum atomic E-state index is -1.00. The molecule has 0 aliphatic carbocycles. The number of nitriles is 1. The molecule has 0 heterocycles. The lowest BCUT2D eigenvalue weighted by Gasteiger charge is -2.21. The summed E-state index contributed by atoms with van der Waals surface area (Å²) >= 11 is 0. The molecular formula is C16H12F2N2O. The molecule has 2 rings (SSSR count). The zero-order valence-corrected chi connectivity index (χ0v) is 11.3. The summed E-state index contributed by atoms with van der Waals surface area (Å²) in [4.78, 5) is 13.7. The highest BCUT2D eigenvalue weighted by Gasteiger charge is 2.17. The summed E-state index contributed by atoms with van der Waals surface area (Å²) in [6, 6.07) is 11.4. The first-order valence-electron chi connectivity index (χ1n) is 6.34. The highest BCUT2D eigenvalue weighted by Crippen LogP contribution is 2.20.